The SMILES string of the molecule is OCC1(C2CC2c2ccccc2)CCNC1. The predicted molar refractivity (Wildman–Crippen MR) is 64.3 cm³/mol. The van der Waals surface area contributed by atoms with Crippen molar-refractivity contribution in [2.24, 2.45) is 11.3 Å². The summed E-state index contributed by atoms with van der Waals surface area (Å²) in [5.41, 5.74) is 1.62. The van der Waals surface area contributed by atoms with Crippen LogP contribution in [0.25, 0.3) is 0 Å². The Kier molecular flexibility index (Phi) is 2.49. The molecule has 2 heteroatoms. The maximum absolute atomic E-state index is 9.65. The van der Waals surface area contributed by atoms with Crippen LogP contribution < -0.4 is 5.32 Å². The van der Waals surface area contributed by atoms with Gasteiger partial charge in [-0.2, -0.15) is 0 Å². The zero-order valence-corrected chi connectivity index (χ0v) is 9.52. The Labute approximate surface area is 96.7 Å². The Morgan fingerprint density at radius 3 is 2.75 bits per heavy atom. The number of nitrogens with one attached hydrogen (secondary N) is 1. The maximum Gasteiger partial charge on any atom is 0.0502 e. The summed E-state index contributed by atoms with van der Waals surface area (Å²) >= 11 is 0. The van der Waals surface area contributed by atoms with Crippen LogP contribution in [0.2, 0.25) is 0 Å². The van der Waals surface area contributed by atoms with Crippen molar-refractivity contribution in [2.75, 3.05) is 19.7 Å². The molecule has 16 heavy (non-hydrogen) atoms. The molecular formula is C14H19NO. The van der Waals surface area contributed by atoms with Crippen molar-refractivity contribution in [2.45, 2.75) is 18.8 Å². The molecule has 0 bridgehead atoms. The Morgan fingerprint density at radius 2 is 2.12 bits per heavy atom. The lowest BCUT2D eigenvalue weighted by Gasteiger charge is -2.26. The smallest absolute Gasteiger partial charge is 0.0502 e. The van der Waals surface area contributed by atoms with E-state index in [1.54, 1.807) is 0 Å². The lowest BCUT2D eigenvalue weighted by molar-refractivity contribution is 0.118. The quantitative estimate of drug-likeness (QED) is 0.808. The highest BCUT2D eigenvalue weighted by atomic mass is 16.3. The third-order valence-electron chi connectivity index (χ3n) is 4.40. The van der Waals surface area contributed by atoms with E-state index in [2.05, 4.69) is 35.6 Å². The van der Waals surface area contributed by atoms with Gasteiger partial charge in [0.25, 0.3) is 0 Å². The van der Waals surface area contributed by atoms with Crippen LogP contribution in [0.1, 0.15) is 24.3 Å². The Balaban J connectivity index is 1.76. The summed E-state index contributed by atoms with van der Waals surface area (Å²) < 4.78 is 0. The van der Waals surface area contributed by atoms with Crippen LogP contribution in [0, 0.1) is 11.3 Å². The third-order valence-corrected chi connectivity index (χ3v) is 4.40. The van der Waals surface area contributed by atoms with Gasteiger partial charge in [0.1, 0.15) is 0 Å². The Hall–Kier alpha value is -0.860. The molecule has 3 unspecified atom stereocenters. The minimum Gasteiger partial charge on any atom is -0.396 e. The summed E-state index contributed by atoms with van der Waals surface area (Å²) in [4.78, 5) is 0. The van der Waals surface area contributed by atoms with Crippen LogP contribution in [-0.4, -0.2) is 24.8 Å². The standard InChI is InChI=1S/C14H19NO/c16-10-14(6-7-15-9-14)13-8-12(13)11-4-2-1-3-5-11/h1-5,12-13,15-16H,6-10H2. The molecule has 0 amide bonds. The van der Waals surface area contributed by atoms with Crippen LogP contribution in [0.3, 0.4) is 0 Å². The third kappa shape index (κ3) is 1.57. The zero-order chi connectivity index (χ0) is 11.0. The average Bonchev–Trinajstić information content (AvgIpc) is 3.02. The number of benzene rings is 1. The topological polar surface area (TPSA) is 32.3 Å². The second-order valence-corrected chi connectivity index (χ2v) is 5.31. The molecule has 1 saturated heterocycles. The van der Waals surface area contributed by atoms with Gasteiger partial charge in [-0.1, -0.05) is 30.3 Å². The molecule has 0 aromatic heterocycles. The van der Waals surface area contributed by atoms with Gasteiger partial charge in [-0.05, 0) is 36.8 Å². The number of rotatable bonds is 3. The zero-order valence-electron chi connectivity index (χ0n) is 9.52. The summed E-state index contributed by atoms with van der Waals surface area (Å²) in [7, 11) is 0. The highest BCUT2D eigenvalue weighted by Gasteiger charge is 2.53. The van der Waals surface area contributed by atoms with Gasteiger partial charge in [0.2, 0.25) is 0 Å². The molecule has 3 rings (SSSR count). The van der Waals surface area contributed by atoms with Crippen molar-refractivity contribution in [1.29, 1.82) is 0 Å². The number of hydrogen-bond donors (Lipinski definition) is 2. The lowest BCUT2D eigenvalue weighted by atomic mass is 9.81. The Bertz CT molecular complexity index is 356. The number of aliphatic hydroxyl groups excluding tert-OH is 1. The van der Waals surface area contributed by atoms with Crippen molar-refractivity contribution in [3.63, 3.8) is 0 Å². The first-order chi connectivity index (χ1) is 7.86. The summed E-state index contributed by atoms with van der Waals surface area (Å²) in [5.74, 6) is 1.38. The van der Waals surface area contributed by atoms with E-state index < -0.39 is 0 Å². The van der Waals surface area contributed by atoms with Crippen molar-refractivity contribution in [1.82, 2.24) is 5.32 Å². The van der Waals surface area contributed by atoms with Gasteiger partial charge in [0.15, 0.2) is 0 Å². The molecule has 3 atom stereocenters. The van der Waals surface area contributed by atoms with Crippen molar-refractivity contribution < 1.29 is 5.11 Å². The van der Waals surface area contributed by atoms with Gasteiger partial charge in [-0.25, -0.2) is 0 Å². The molecule has 1 aliphatic heterocycles. The molecule has 0 spiro atoms. The summed E-state index contributed by atoms with van der Waals surface area (Å²) in [6.07, 6.45) is 2.39. The lowest BCUT2D eigenvalue weighted by Crippen LogP contribution is -2.31. The molecule has 2 aliphatic rings. The van der Waals surface area contributed by atoms with Crippen LogP contribution in [-0.2, 0) is 0 Å². The molecule has 1 aromatic carbocycles. The molecule has 1 heterocycles. The van der Waals surface area contributed by atoms with Gasteiger partial charge in [0.05, 0.1) is 6.61 Å². The van der Waals surface area contributed by atoms with Gasteiger partial charge in [-0.15, -0.1) is 0 Å². The molecule has 1 aromatic rings. The number of hydrogen-bond acceptors (Lipinski definition) is 2. The van der Waals surface area contributed by atoms with Crippen molar-refractivity contribution >= 4 is 0 Å². The molecule has 2 N–H and O–H groups in total. The fourth-order valence-corrected chi connectivity index (χ4v) is 3.27. The normalized spacial score (nSPS) is 37.6. The molecule has 86 valence electrons. The van der Waals surface area contributed by atoms with Crippen LogP contribution in [0.4, 0.5) is 0 Å². The summed E-state index contributed by atoms with van der Waals surface area (Å²) in [6.45, 7) is 2.41. The molecule has 2 nitrogen and oxygen atoms in total. The Morgan fingerprint density at radius 1 is 1.31 bits per heavy atom. The summed E-state index contributed by atoms with van der Waals surface area (Å²) in [5, 5.41) is 13.0. The fraction of sp³-hybridized carbons (Fsp3) is 0.571. The second-order valence-electron chi connectivity index (χ2n) is 5.31. The largest absolute Gasteiger partial charge is 0.396 e. The van der Waals surface area contributed by atoms with E-state index >= 15 is 0 Å². The molecular weight excluding hydrogens is 198 g/mol. The van der Waals surface area contributed by atoms with Gasteiger partial charge < -0.3 is 10.4 Å². The minimum atomic E-state index is 0.167. The van der Waals surface area contributed by atoms with E-state index in [1.807, 2.05) is 0 Å². The minimum absolute atomic E-state index is 0.167. The summed E-state index contributed by atoms with van der Waals surface area (Å²) in [6, 6.07) is 10.7. The first-order valence-corrected chi connectivity index (χ1v) is 6.22. The van der Waals surface area contributed by atoms with E-state index in [0.29, 0.717) is 18.4 Å². The van der Waals surface area contributed by atoms with Crippen LogP contribution >= 0.6 is 0 Å². The molecule has 1 aliphatic carbocycles. The highest BCUT2D eigenvalue weighted by Crippen LogP contribution is 2.58. The van der Waals surface area contributed by atoms with Gasteiger partial charge in [0, 0.05) is 12.0 Å². The average molecular weight is 217 g/mol. The van der Waals surface area contributed by atoms with Gasteiger partial charge >= 0.3 is 0 Å². The van der Waals surface area contributed by atoms with Crippen molar-refractivity contribution in [3.05, 3.63) is 35.9 Å². The molecule has 1 saturated carbocycles. The van der Waals surface area contributed by atoms with Crippen LogP contribution in [0.15, 0.2) is 30.3 Å². The van der Waals surface area contributed by atoms with E-state index in [-0.39, 0.29) is 5.41 Å². The molecule has 2 fully saturated rings. The molecule has 0 radical (unpaired) electrons. The van der Waals surface area contributed by atoms with Gasteiger partial charge in [-0.3, -0.25) is 0 Å². The number of aliphatic hydroxyl groups is 1. The highest BCUT2D eigenvalue weighted by molar-refractivity contribution is 5.27. The van der Waals surface area contributed by atoms with E-state index in [1.165, 1.54) is 12.0 Å². The van der Waals surface area contributed by atoms with Crippen molar-refractivity contribution in [3.8, 4) is 0 Å². The van der Waals surface area contributed by atoms with Crippen LogP contribution in [0.5, 0.6) is 0 Å². The first-order valence-electron chi connectivity index (χ1n) is 6.22. The van der Waals surface area contributed by atoms with E-state index in [0.717, 1.165) is 19.5 Å². The monoisotopic (exact) mass is 217 g/mol. The fourth-order valence-electron chi connectivity index (χ4n) is 3.27. The second kappa shape index (κ2) is 3.86. The predicted octanol–water partition coefficient (Wildman–Crippen LogP) is 1.76. The maximum atomic E-state index is 9.65. The van der Waals surface area contributed by atoms with E-state index in [4.69, 9.17) is 0 Å². The van der Waals surface area contributed by atoms with E-state index in [9.17, 15) is 5.11 Å². The first kappa shape index (κ1) is 10.3.